The van der Waals surface area contributed by atoms with Crippen LogP contribution in [0, 0.1) is 0 Å². The van der Waals surface area contributed by atoms with Gasteiger partial charge in [-0.15, -0.1) is 0 Å². The molecule has 1 saturated heterocycles. The molecule has 44 valence electrons. The van der Waals surface area contributed by atoms with Crippen LogP contribution >= 0.6 is 0 Å². The van der Waals surface area contributed by atoms with Crippen LogP contribution in [0.15, 0.2) is 11.8 Å². The van der Waals surface area contributed by atoms with Crippen LogP contribution in [0.5, 0.6) is 0 Å². The summed E-state index contributed by atoms with van der Waals surface area (Å²) in [6, 6.07) is 0. The fourth-order valence-electron chi connectivity index (χ4n) is 0.600. The maximum atomic E-state index is 10.4. The van der Waals surface area contributed by atoms with Crippen molar-refractivity contribution in [1.82, 2.24) is 0 Å². The number of esters is 1. The highest BCUT2D eigenvalue weighted by atomic mass is 16.5. The van der Waals surface area contributed by atoms with Crippen molar-refractivity contribution < 1.29 is 9.53 Å². The second-order valence-electron chi connectivity index (χ2n) is 1.58. The fraction of sp³-hybridized carbons (Fsp3) is 0.400. The van der Waals surface area contributed by atoms with Crippen molar-refractivity contribution in [2.24, 2.45) is 5.73 Å². The predicted octanol–water partition coefficient (Wildman–Crippen LogP) is -0.224. The van der Waals surface area contributed by atoms with Crippen LogP contribution in [0.1, 0.15) is 6.42 Å². The summed E-state index contributed by atoms with van der Waals surface area (Å²) < 4.78 is 4.57. The summed E-state index contributed by atoms with van der Waals surface area (Å²) in [5, 5.41) is 0. The molecule has 2 N–H and O–H groups in total. The molecule has 0 atom stereocenters. The molecule has 1 heterocycles. The lowest BCUT2D eigenvalue weighted by Crippen LogP contribution is -1.96. The van der Waals surface area contributed by atoms with Gasteiger partial charge in [-0.2, -0.15) is 0 Å². The molecule has 3 nitrogen and oxygen atoms in total. The molecule has 0 unspecified atom stereocenters. The van der Waals surface area contributed by atoms with Gasteiger partial charge in [0.2, 0.25) is 0 Å². The average Bonchev–Trinajstić information content (AvgIpc) is 2.14. The number of nitrogens with two attached hydrogens (primary N) is 1. The quantitative estimate of drug-likeness (QED) is 0.349. The summed E-state index contributed by atoms with van der Waals surface area (Å²) in [6.45, 7) is 0.488. The van der Waals surface area contributed by atoms with Gasteiger partial charge in [0.25, 0.3) is 0 Å². The lowest BCUT2D eigenvalue weighted by molar-refractivity contribution is -0.135. The van der Waals surface area contributed by atoms with E-state index in [1.807, 2.05) is 0 Å². The van der Waals surface area contributed by atoms with Crippen LogP contribution in [-0.2, 0) is 9.53 Å². The second-order valence-corrected chi connectivity index (χ2v) is 1.58. The lowest BCUT2D eigenvalue weighted by Gasteiger charge is -1.84. The molecule has 0 amide bonds. The van der Waals surface area contributed by atoms with E-state index < -0.39 is 0 Å². The number of ether oxygens (including phenoxy) is 1. The van der Waals surface area contributed by atoms with Gasteiger partial charge in [-0.05, 0) is 0 Å². The molecule has 3 heteroatoms. The molecule has 1 aliphatic heterocycles. The van der Waals surface area contributed by atoms with E-state index in [9.17, 15) is 4.79 Å². The Morgan fingerprint density at radius 1 is 1.75 bits per heavy atom. The largest absolute Gasteiger partial charge is 0.462 e. The Hall–Kier alpha value is -0.990. The SMILES string of the molecule is N/C=C1\CCOC1=O. The third kappa shape index (κ3) is 0.665. The maximum Gasteiger partial charge on any atom is 0.335 e. The maximum absolute atomic E-state index is 10.4. The number of carbonyl (C=O) groups excluding carboxylic acids is 1. The summed E-state index contributed by atoms with van der Waals surface area (Å²) in [5.74, 6) is -0.271. The van der Waals surface area contributed by atoms with Gasteiger partial charge in [0.15, 0.2) is 0 Å². The van der Waals surface area contributed by atoms with Crippen molar-refractivity contribution in [3.63, 3.8) is 0 Å². The van der Waals surface area contributed by atoms with Gasteiger partial charge in [-0.3, -0.25) is 0 Å². The molecule has 0 aromatic carbocycles. The monoisotopic (exact) mass is 113 g/mol. The Balaban J connectivity index is 2.69. The molecule has 1 aliphatic rings. The lowest BCUT2D eigenvalue weighted by atomic mass is 10.2. The van der Waals surface area contributed by atoms with E-state index in [-0.39, 0.29) is 5.97 Å². The zero-order chi connectivity index (χ0) is 5.98. The number of rotatable bonds is 0. The minimum Gasteiger partial charge on any atom is -0.462 e. The highest BCUT2D eigenvalue weighted by Crippen LogP contribution is 2.10. The Bertz CT molecular complexity index is 139. The van der Waals surface area contributed by atoms with E-state index in [4.69, 9.17) is 5.73 Å². The number of cyclic esters (lactones) is 1. The van der Waals surface area contributed by atoms with Crippen LogP contribution in [0.4, 0.5) is 0 Å². The van der Waals surface area contributed by atoms with Crippen LogP contribution in [0.2, 0.25) is 0 Å². The van der Waals surface area contributed by atoms with Gasteiger partial charge >= 0.3 is 5.97 Å². The Morgan fingerprint density at radius 3 is 2.75 bits per heavy atom. The van der Waals surface area contributed by atoms with Gasteiger partial charge in [-0.1, -0.05) is 0 Å². The molecular formula is C5H7NO2. The smallest absolute Gasteiger partial charge is 0.335 e. The van der Waals surface area contributed by atoms with Crippen molar-refractivity contribution in [3.8, 4) is 0 Å². The van der Waals surface area contributed by atoms with Crippen LogP contribution in [0.3, 0.4) is 0 Å². The van der Waals surface area contributed by atoms with E-state index in [1.165, 1.54) is 6.20 Å². The van der Waals surface area contributed by atoms with Gasteiger partial charge in [0.1, 0.15) is 0 Å². The average molecular weight is 113 g/mol. The van der Waals surface area contributed by atoms with Crippen LogP contribution in [-0.4, -0.2) is 12.6 Å². The molecule has 1 fully saturated rings. The summed E-state index contributed by atoms with van der Waals surface area (Å²) >= 11 is 0. The zero-order valence-electron chi connectivity index (χ0n) is 4.39. The Kier molecular flexibility index (Phi) is 1.20. The van der Waals surface area contributed by atoms with E-state index in [0.29, 0.717) is 18.6 Å². The zero-order valence-corrected chi connectivity index (χ0v) is 4.39. The minimum absolute atomic E-state index is 0.271. The standard InChI is InChI=1S/C5H7NO2/c6-3-4-1-2-8-5(4)7/h3H,1-2,6H2/b4-3+. The van der Waals surface area contributed by atoms with Crippen molar-refractivity contribution in [1.29, 1.82) is 0 Å². The number of hydrogen-bond acceptors (Lipinski definition) is 3. The summed E-state index contributed by atoms with van der Waals surface area (Å²) in [7, 11) is 0. The fourth-order valence-corrected chi connectivity index (χ4v) is 0.600. The van der Waals surface area contributed by atoms with Gasteiger partial charge in [0.05, 0.1) is 12.2 Å². The summed E-state index contributed by atoms with van der Waals surface area (Å²) in [6.07, 6.45) is 1.96. The van der Waals surface area contributed by atoms with Crippen molar-refractivity contribution in [2.45, 2.75) is 6.42 Å². The third-order valence-corrected chi connectivity index (χ3v) is 1.07. The normalized spacial score (nSPS) is 24.0. The van der Waals surface area contributed by atoms with Crippen LogP contribution < -0.4 is 5.73 Å². The first-order chi connectivity index (χ1) is 3.84. The number of hydrogen-bond donors (Lipinski definition) is 1. The summed E-state index contributed by atoms with van der Waals surface area (Å²) in [5.41, 5.74) is 5.65. The highest BCUT2D eigenvalue weighted by molar-refractivity contribution is 5.89. The first-order valence-electron chi connectivity index (χ1n) is 2.42. The Labute approximate surface area is 47.1 Å². The molecule has 0 aromatic heterocycles. The topological polar surface area (TPSA) is 52.3 Å². The molecule has 0 saturated carbocycles. The third-order valence-electron chi connectivity index (χ3n) is 1.07. The van der Waals surface area contributed by atoms with Gasteiger partial charge in [0, 0.05) is 12.6 Å². The highest BCUT2D eigenvalue weighted by Gasteiger charge is 2.16. The van der Waals surface area contributed by atoms with E-state index >= 15 is 0 Å². The predicted molar refractivity (Wildman–Crippen MR) is 27.8 cm³/mol. The molecule has 8 heavy (non-hydrogen) atoms. The van der Waals surface area contributed by atoms with Gasteiger partial charge in [-0.25, -0.2) is 4.79 Å². The first kappa shape index (κ1) is 5.15. The summed E-state index contributed by atoms with van der Waals surface area (Å²) in [4.78, 5) is 10.4. The molecule has 0 aliphatic carbocycles. The van der Waals surface area contributed by atoms with Crippen molar-refractivity contribution in [3.05, 3.63) is 11.8 Å². The van der Waals surface area contributed by atoms with Crippen molar-refractivity contribution >= 4 is 5.97 Å². The molecular weight excluding hydrogens is 106 g/mol. The van der Waals surface area contributed by atoms with E-state index in [1.54, 1.807) is 0 Å². The Morgan fingerprint density at radius 2 is 2.50 bits per heavy atom. The number of carbonyl (C=O) groups is 1. The molecule has 0 spiro atoms. The van der Waals surface area contributed by atoms with Crippen molar-refractivity contribution in [2.75, 3.05) is 6.61 Å². The van der Waals surface area contributed by atoms with E-state index in [2.05, 4.69) is 4.74 Å². The van der Waals surface area contributed by atoms with Crippen LogP contribution in [0.25, 0.3) is 0 Å². The van der Waals surface area contributed by atoms with Gasteiger partial charge < -0.3 is 10.5 Å². The molecule has 0 radical (unpaired) electrons. The second kappa shape index (κ2) is 1.86. The molecule has 1 rings (SSSR count). The van der Waals surface area contributed by atoms with E-state index in [0.717, 1.165) is 0 Å². The minimum atomic E-state index is -0.271. The molecule has 0 bridgehead atoms. The first-order valence-corrected chi connectivity index (χ1v) is 2.42. The molecule has 0 aromatic rings.